The third-order valence-corrected chi connectivity index (χ3v) is 3.54. The van der Waals surface area contributed by atoms with Gasteiger partial charge in [-0.25, -0.2) is 0 Å². The molecule has 0 radical (unpaired) electrons. The summed E-state index contributed by atoms with van der Waals surface area (Å²) in [5, 5.41) is 10.9. The summed E-state index contributed by atoms with van der Waals surface area (Å²) in [5.41, 5.74) is 0.0927. The highest BCUT2D eigenvalue weighted by Gasteiger charge is 2.20. The van der Waals surface area contributed by atoms with Crippen molar-refractivity contribution in [2.75, 3.05) is 27.2 Å². The number of hydrogen-bond donors (Lipinski definition) is 0. The topological polar surface area (TPSA) is 62.0 Å². The number of nitrogens with zero attached hydrogens (tertiary/aromatic N) is 4. The van der Waals surface area contributed by atoms with Crippen molar-refractivity contribution in [3.05, 3.63) is 34.4 Å². The second-order valence-corrected chi connectivity index (χ2v) is 4.86. The number of para-hydroxylation sites is 1. The van der Waals surface area contributed by atoms with Crippen LogP contribution < -0.4 is 0 Å². The number of rotatable bonds is 3. The SMILES string of the molecule is CN1CCN(C)C1=NSc1ccccc1[N+](=O)[O-]. The lowest BCUT2D eigenvalue weighted by Crippen LogP contribution is -2.27. The molecule has 0 spiro atoms. The number of hydrogen-bond acceptors (Lipinski definition) is 4. The first kappa shape index (κ1) is 12.7. The maximum absolute atomic E-state index is 10.9. The molecule has 0 atom stereocenters. The van der Waals surface area contributed by atoms with Gasteiger partial charge in [0.15, 0.2) is 0 Å². The van der Waals surface area contributed by atoms with E-state index in [2.05, 4.69) is 4.40 Å². The van der Waals surface area contributed by atoms with Gasteiger partial charge in [0.05, 0.1) is 4.92 Å². The zero-order valence-electron chi connectivity index (χ0n) is 10.2. The second kappa shape index (κ2) is 5.26. The number of guanidine groups is 1. The van der Waals surface area contributed by atoms with Gasteiger partial charge < -0.3 is 9.80 Å². The summed E-state index contributed by atoms with van der Waals surface area (Å²) in [7, 11) is 3.92. The van der Waals surface area contributed by atoms with Gasteiger partial charge in [0.1, 0.15) is 4.90 Å². The minimum Gasteiger partial charge on any atom is -0.343 e. The van der Waals surface area contributed by atoms with E-state index in [0.29, 0.717) is 4.90 Å². The van der Waals surface area contributed by atoms with Gasteiger partial charge in [0, 0.05) is 45.2 Å². The van der Waals surface area contributed by atoms with E-state index in [0.717, 1.165) is 31.0 Å². The molecule has 1 aromatic carbocycles. The average Bonchev–Trinajstić information content (AvgIpc) is 2.67. The summed E-state index contributed by atoms with van der Waals surface area (Å²) in [6.45, 7) is 1.85. The van der Waals surface area contributed by atoms with E-state index in [9.17, 15) is 10.1 Å². The molecule has 0 bridgehead atoms. The van der Waals surface area contributed by atoms with Crippen molar-refractivity contribution in [2.45, 2.75) is 4.90 Å². The van der Waals surface area contributed by atoms with Crippen LogP contribution in [0.5, 0.6) is 0 Å². The smallest absolute Gasteiger partial charge is 0.284 e. The van der Waals surface area contributed by atoms with Crippen LogP contribution in [-0.4, -0.2) is 47.9 Å². The molecule has 18 heavy (non-hydrogen) atoms. The molecule has 2 rings (SSSR count). The van der Waals surface area contributed by atoms with E-state index in [-0.39, 0.29) is 10.6 Å². The molecule has 0 amide bonds. The molecular weight excluding hydrogens is 252 g/mol. The monoisotopic (exact) mass is 266 g/mol. The Bertz CT molecular complexity index is 480. The molecule has 1 aliphatic rings. The van der Waals surface area contributed by atoms with Crippen molar-refractivity contribution >= 4 is 23.6 Å². The minimum absolute atomic E-state index is 0.0927. The van der Waals surface area contributed by atoms with Gasteiger partial charge in [-0.2, -0.15) is 4.40 Å². The van der Waals surface area contributed by atoms with Crippen molar-refractivity contribution in [1.82, 2.24) is 9.80 Å². The van der Waals surface area contributed by atoms with Crippen LogP contribution in [0.3, 0.4) is 0 Å². The minimum atomic E-state index is -0.384. The van der Waals surface area contributed by atoms with Gasteiger partial charge in [0.2, 0.25) is 5.96 Å². The normalized spacial score (nSPS) is 15.1. The predicted octanol–water partition coefficient (Wildman–Crippen LogP) is 1.84. The summed E-state index contributed by atoms with van der Waals surface area (Å²) in [6, 6.07) is 6.63. The Labute approximate surface area is 110 Å². The molecular formula is C11H14N4O2S. The highest BCUT2D eigenvalue weighted by atomic mass is 32.2. The lowest BCUT2D eigenvalue weighted by molar-refractivity contribution is -0.387. The Morgan fingerprint density at radius 1 is 1.28 bits per heavy atom. The third kappa shape index (κ3) is 2.56. The van der Waals surface area contributed by atoms with E-state index in [1.165, 1.54) is 6.07 Å². The molecule has 96 valence electrons. The van der Waals surface area contributed by atoms with Crippen molar-refractivity contribution < 1.29 is 4.92 Å². The maximum atomic E-state index is 10.9. The van der Waals surface area contributed by atoms with E-state index in [1.54, 1.807) is 18.2 Å². The number of benzene rings is 1. The van der Waals surface area contributed by atoms with Crippen molar-refractivity contribution in [1.29, 1.82) is 0 Å². The van der Waals surface area contributed by atoms with Gasteiger partial charge in [-0.1, -0.05) is 12.1 Å². The first-order valence-corrected chi connectivity index (χ1v) is 6.27. The fourth-order valence-corrected chi connectivity index (χ4v) is 2.54. The van der Waals surface area contributed by atoms with E-state index in [1.807, 2.05) is 23.9 Å². The van der Waals surface area contributed by atoms with Crippen LogP contribution in [0.15, 0.2) is 33.6 Å². The predicted molar refractivity (Wildman–Crippen MR) is 71.6 cm³/mol. The van der Waals surface area contributed by atoms with Crippen LogP contribution in [0.2, 0.25) is 0 Å². The van der Waals surface area contributed by atoms with Crippen molar-refractivity contribution in [2.24, 2.45) is 4.40 Å². The molecule has 1 saturated heterocycles. The van der Waals surface area contributed by atoms with Crippen molar-refractivity contribution in [3.8, 4) is 0 Å². The van der Waals surface area contributed by atoms with Gasteiger partial charge in [-0.15, -0.1) is 0 Å². The quantitative estimate of drug-likeness (QED) is 0.474. The molecule has 6 nitrogen and oxygen atoms in total. The fourth-order valence-electron chi connectivity index (χ4n) is 1.71. The largest absolute Gasteiger partial charge is 0.343 e. The zero-order chi connectivity index (χ0) is 13.1. The highest BCUT2D eigenvalue weighted by molar-refractivity contribution is 7.98. The Morgan fingerprint density at radius 3 is 2.50 bits per heavy atom. The van der Waals surface area contributed by atoms with Crippen molar-refractivity contribution in [3.63, 3.8) is 0 Å². The van der Waals surface area contributed by atoms with Gasteiger partial charge in [-0.05, 0) is 6.07 Å². The van der Waals surface area contributed by atoms with Crippen LogP contribution in [0.25, 0.3) is 0 Å². The number of nitro benzene ring substituents is 1. The Hall–Kier alpha value is -1.76. The highest BCUT2D eigenvalue weighted by Crippen LogP contribution is 2.30. The number of nitro groups is 1. The molecule has 0 saturated carbocycles. The van der Waals surface area contributed by atoms with Crippen LogP contribution in [0.4, 0.5) is 5.69 Å². The first-order valence-electron chi connectivity index (χ1n) is 5.50. The van der Waals surface area contributed by atoms with Gasteiger partial charge >= 0.3 is 0 Å². The summed E-state index contributed by atoms with van der Waals surface area (Å²) in [5.74, 6) is 0.846. The van der Waals surface area contributed by atoms with Crippen LogP contribution in [0.1, 0.15) is 0 Å². The van der Waals surface area contributed by atoms with Crippen LogP contribution >= 0.6 is 11.9 Å². The molecule has 1 aliphatic heterocycles. The van der Waals surface area contributed by atoms with Gasteiger partial charge in [-0.3, -0.25) is 10.1 Å². The Balaban J connectivity index is 2.20. The Kier molecular flexibility index (Phi) is 3.71. The fraction of sp³-hybridized carbons (Fsp3) is 0.364. The standard InChI is InChI=1S/C11H14N4O2S/c1-13-7-8-14(2)11(13)12-18-10-6-4-3-5-9(10)15(16)17/h3-6H,7-8H2,1-2H3. The van der Waals surface area contributed by atoms with E-state index < -0.39 is 0 Å². The lowest BCUT2D eigenvalue weighted by atomic mass is 10.3. The molecule has 1 fully saturated rings. The summed E-state index contributed by atoms with van der Waals surface area (Å²) < 4.78 is 4.38. The molecule has 1 heterocycles. The molecule has 1 aromatic rings. The van der Waals surface area contributed by atoms with E-state index in [4.69, 9.17) is 0 Å². The summed E-state index contributed by atoms with van der Waals surface area (Å²) in [4.78, 5) is 15.1. The molecule has 0 N–H and O–H groups in total. The maximum Gasteiger partial charge on any atom is 0.284 e. The number of likely N-dealkylation sites (N-methyl/N-ethyl adjacent to an activating group) is 2. The molecule has 7 heteroatoms. The summed E-state index contributed by atoms with van der Waals surface area (Å²) >= 11 is 1.14. The zero-order valence-corrected chi connectivity index (χ0v) is 11.1. The second-order valence-electron chi connectivity index (χ2n) is 4.05. The molecule has 0 unspecified atom stereocenters. The van der Waals surface area contributed by atoms with E-state index >= 15 is 0 Å². The first-order chi connectivity index (χ1) is 8.59. The summed E-state index contributed by atoms with van der Waals surface area (Å²) in [6.07, 6.45) is 0. The average molecular weight is 266 g/mol. The van der Waals surface area contributed by atoms with Crippen LogP contribution in [0, 0.1) is 10.1 Å². The lowest BCUT2D eigenvalue weighted by Gasteiger charge is -2.14. The molecule has 0 aromatic heterocycles. The third-order valence-electron chi connectivity index (χ3n) is 2.74. The van der Waals surface area contributed by atoms with Gasteiger partial charge in [0.25, 0.3) is 5.69 Å². The Morgan fingerprint density at radius 2 is 1.89 bits per heavy atom. The molecule has 0 aliphatic carbocycles. The van der Waals surface area contributed by atoms with Crippen LogP contribution in [-0.2, 0) is 0 Å².